The van der Waals surface area contributed by atoms with Gasteiger partial charge in [0.15, 0.2) is 16.4 Å². The van der Waals surface area contributed by atoms with Crippen molar-refractivity contribution >= 4 is 33.0 Å². The normalized spacial score (nSPS) is 11.0. The van der Waals surface area contributed by atoms with Crippen molar-refractivity contribution in [1.29, 1.82) is 0 Å². The van der Waals surface area contributed by atoms with E-state index in [9.17, 15) is 13.2 Å². The molecule has 0 bridgehead atoms. The number of amides is 1. The number of halogens is 1. The minimum atomic E-state index is -3.08. The molecule has 1 amide bonds. The highest BCUT2D eigenvalue weighted by atomic mass is 35.5. The summed E-state index contributed by atoms with van der Waals surface area (Å²) in [5.41, 5.74) is 0.525. The highest BCUT2D eigenvalue weighted by Gasteiger charge is 2.06. The summed E-state index contributed by atoms with van der Waals surface area (Å²) in [6.45, 7) is -0.117. The summed E-state index contributed by atoms with van der Waals surface area (Å²) in [7, 11) is -3.08. The minimum absolute atomic E-state index is 0.0497. The highest BCUT2D eigenvalue weighted by molar-refractivity contribution is 7.90. The molecule has 2 aromatic carbocycles. The molecular formula is C17H18ClNO5S. The van der Waals surface area contributed by atoms with Crippen molar-refractivity contribution in [2.75, 3.05) is 30.5 Å². The van der Waals surface area contributed by atoms with Gasteiger partial charge in [-0.05, 0) is 30.3 Å². The van der Waals surface area contributed by atoms with Gasteiger partial charge in [0.05, 0.1) is 5.75 Å². The lowest BCUT2D eigenvalue weighted by atomic mass is 10.3. The van der Waals surface area contributed by atoms with Gasteiger partial charge >= 0.3 is 0 Å². The summed E-state index contributed by atoms with van der Waals surface area (Å²) >= 11 is 5.85. The summed E-state index contributed by atoms with van der Waals surface area (Å²) in [6.07, 6.45) is 1.15. The molecule has 0 saturated carbocycles. The number of nitrogens with one attached hydrogen (secondary N) is 1. The summed E-state index contributed by atoms with van der Waals surface area (Å²) in [5, 5.41) is 3.20. The van der Waals surface area contributed by atoms with Crippen LogP contribution in [0.3, 0.4) is 0 Å². The number of hydrogen-bond acceptors (Lipinski definition) is 5. The van der Waals surface area contributed by atoms with Crippen LogP contribution in [0.1, 0.15) is 0 Å². The van der Waals surface area contributed by atoms with Crippen molar-refractivity contribution in [2.45, 2.75) is 0 Å². The zero-order valence-electron chi connectivity index (χ0n) is 13.6. The molecule has 0 atom stereocenters. The van der Waals surface area contributed by atoms with Crippen LogP contribution in [0.25, 0.3) is 0 Å². The first-order valence-electron chi connectivity index (χ1n) is 7.41. The Hall–Kier alpha value is -2.25. The Morgan fingerprint density at radius 3 is 2.44 bits per heavy atom. The van der Waals surface area contributed by atoms with E-state index < -0.39 is 9.84 Å². The smallest absolute Gasteiger partial charge is 0.262 e. The first kappa shape index (κ1) is 19.1. The topological polar surface area (TPSA) is 81.7 Å². The number of rotatable bonds is 8. The average Bonchev–Trinajstić information content (AvgIpc) is 2.52. The zero-order valence-corrected chi connectivity index (χ0v) is 15.1. The van der Waals surface area contributed by atoms with E-state index in [0.29, 0.717) is 22.2 Å². The Bertz CT molecular complexity index is 838. The lowest BCUT2D eigenvalue weighted by molar-refractivity contribution is -0.118. The van der Waals surface area contributed by atoms with Crippen LogP contribution in [0.15, 0.2) is 48.5 Å². The molecule has 25 heavy (non-hydrogen) atoms. The van der Waals surface area contributed by atoms with E-state index in [4.69, 9.17) is 21.1 Å². The van der Waals surface area contributed by atoms with E-state index in [0.717, 1.165) is 6.26 Å². The lowest BCUT2D eigenvalue weighted by Gasteiger charge is -2.10. The second kappa shape index (κ2) is 8.73. The number of benzene rings is 2. The van der Waals surface area contributed by atoms with Crippen LogP contribution in [-0.2, 0) is 14.6 Å². The lowest BCUT2D eigenvalue weighted by Crippen LogP contribution is -2.20. The summed E-state index contributed by atoms with van der Waals surface area (Å²) in [6, 6.07) is 13.4. The van der Waals surface area contributed by atoms with Crippen molar-refractivity contribution in [1.82, 2.24) is 0 Å². The van der Waals surface area contributed by atoms with E-state index in [-0.39, 0.29) is 24.9 Å². The Balaban J connectivity index is 1.85. The minimum Gasteiger partial charge on any atom is -0.492 e. The third kappa shape index (κ3) is 7.45. The fraction of sp³-hybridized carbons (Fsp3) is 0.235. The van der Waals surface area contributed by atoms with Crippen LogP contribution >= 0.6 is 11.6 Å². The van der Waals surface area contributed by atoms with Crippen LogP contribution in [0.4, 0.5) is 5.69 Å². The predicted octanol–water partition coefficient (Wildman–Crippen LogP) is 2.78. The molecule has 0 aliphatic heterocycles. The van der Waals surface area contributed by atoms with Gasteiger partial charge in [-0.15, -0.1) is 0 Å². The fourth-order valence-corrected chi connectivity index (χ4v) is 2.44. The van der Waals surface area contributed by atoms with Gasteiger partial charge in [0, 0.05) is 23.0 Å². The highest BCUT2D eigenvalue weighted by Crippen LogP contribution is 2.19. The van der Waals surface area contributed by atoms with Gasteiger partial charge in [-0.1, -0.05) is 23.7 Å². The SMILES string of the molecule is CS(=O)(=O)CCOc1cccc(NC(=O)COc2cccc(Cl)c2)c1. The second-order valence-electron chi connectivity index (χ2n) is 5.30. The van der Waals surface area contributed by atoms with Gasteiger partial charge in [0.1, 0.15) is 18.1 Å². The molecule has 0 spiro atoms. The maximum Gasteiger partial charge on any atom is 0.262 e. The largest absolute Gasteiger partial charge is 0.492 e. The van der Waals surface area contributed by atoms with Crippen LogP contribution in [0.5, 0.6) is 11.5 Å². The Labute approximate surface area is 151 Å². The number of anilines is 1. The Morgan fingerprint density at radius 2 is 1.76 bits per heavy atom. The second-order valence-corrected chi connectivity index (χ2v) is 8.00. The Morgan fingerprint density at radius 1 is 1.08 bits per heavy atom. The Kier molecular flexibility index (Phi) is 6.66. The van der Waals surface area contributed by atoms with Gasteiger partial charge in [-0.25, -0.2) is 8.42 Å². The number of carbonyl (C=O) groups is 1. The van der Waals surface area contributed by atoms with E-state index in [1.807, 2.05) is 0 Å². The van der Waals surface area contributed by atoms with E-state index in [1.54, 1.807) is 48.5 Å². The summed E-state index contributed by atoms with van der Waals surface area (Å²) < 4.78 is 32.9. The van der Waals surface area contributed by atoms with E-state index in [1.165, 1.54) is 0 Å². The fourth-order valence-electron chi connectivity index (χ4n) is 1.88. The molecule has 0 fully saturated rings. The monoisotopic (exact) mass is 383 g/mol. The molecule has 0 heterocycles. The molecule has 0 saturated heterocycles. The van der Waals surface area contributed by atoms with Gasteiger partial charge in [-0.2, -0.15) is 0 Å². The molecule has 0 aromatic heterocycles. The van der Waals surface area contributed by atoms with Crippen molar-refractivity contribution in [3.05, 3.63) is 53.6 Å². The average molecular weight is 384 g/mol. The molecule has 0 aliphatic carbocycles. The first-order valence-corrected chi connectivity index (χ1v) is 9.84. The summed E-state index contributed by atoms with van der Waals surface area (Å²) in [5.74, 6) is 0.558. The maximum atomic E-state index is 11.9. The van der Waals surface area contributed by atoms with Crippen molar-refractivity contribution in [3.8, 4) is 11.5 Å². The standard InChI is InChI=1S/C17H18ClNO5S/c1-25(21,22)9-8-23-16-7-3-5-14(11-16)19-17(20)12-24-15-6-2-4-13(18)10-15/h2-7,10-11H,8-9,12H2,1H3,(H,19,20). The van der Waals surface area contributed by atoms with Crippen LogP contribution in [0, 0.1) is 0 Å². The molecule has 6 nitrogen and oxygen atoms in total. The van der Waals surface area contributed by atoms with Crippen LogP contribution < -0.4 is 14.8 Å². The van der Waals surface area contributed by atoms with Gasteiger partial charge in [0.2, 0.25) is 0 Å². The quantitative estimate of drug-likeness (QED) is 0.758. The molecule has 1 N–H and O–H groups in total. The third-order valence-corrected chi connectivity index (χ3v) is 4.15. The molecule has 0 aliphatic rings. The van der Waals surface area contributed by atoms with Gasteiger partial charge in [0.25, 0.3) is 5.91 Å². The van der Waals surface area contributed by atoms with Gasteiger partial charge < -0.3 is 14.8 Å². The summed E-state index contributed by atoms with van der Waals surface area (Å²) in [4.78, 5) is 11.9. The first-order chi connectivity index (χ1) is 11.8. The molecule has 0 unspecified atom stereocenters. The number of sulfone groups is 1. The molecule has 0 radical (unpaired) electrons. The number of ether oxygens (including phenoxy) is 2. The molecule has 8 heteroatoms. The molecular weight excluding hydrogens is 366 g/mol. The third-order valence-electron chi connectivity index (χ3n) is 3.01. The van der Waals surface area contributed by atoms with Gasteiger partial charge in [-0.3, -0.25) is 4.79 Å². The molecule has 134 valence electrons. The van der Waals surface area contributed by atoms with Crippen LogP contribution in [-0.4, -0.2) is 39.5 Å². The molecule has 2 aromatic rings. The maximum absolute atomic E-state index is 11.9. The molecule has 2 rings (SSSR count). The number of hydrogen-bond donors (Lipinski definition) is 1. The zero-order chi connectivity index (χ0) is 18.3. The van der Waals surface area contributed by atoms with Crippen molar-refractivity contribution in [3.63, 3.8) is 0 Å². The predicted molar refractivity (Wildman–Crippen MR) is 97.2 cm³/mol. The number of carbonyl (C=O) groups excluding carboxylic acids is 1. The van der Waals surface area contributed by atoms with E-state index in [2.05, 4.69) is 5.32 Å². The van der Waals surface area contributed by atoms with Crippen molar-refractivity contribution < 1.29 is 22.7 Å². The van der Waals surface area contributed by atoms with E-state index >= 15 is 0 Å². The van der Waals surface area contributed by atoms with Crippen LogP contribution in [0.2, 0.25) is 5.02 Å². The van der Waals surface area contributed by atoms with Crippen molar-refractivity contribution in [2.24, 2.45) is 0 Å².